The zero-order valence-corrected chi connectivity index (χ0v) is 14.8. The Balaban J connectivity index is 4.09. The molecule has 1 unspecified atom stereocenters. The van der Waals surface area contributed by atoms with Crippen LogP contribution in [0.5, 0.6) is 0 Å². The molecule has 0 aromatic rings. The standard InChI is InChI=1S/C12H27Br2P/c1-5-15(14,6-2,7-3)11-9-8-10-12(4)13/h12H,5-11H2,1-4H3. The van der Waals surface area contributed by atoms with Crippen LogP contribution in [0.15, 0.2) is 0 Å². The van der Waals surface area contributed by atoms with Gasteiger partial charge in [-0.25, -0.2) is 0 Å². The van der Waals surface area contributed by atoms with Crippen molar-refractivity contribution in [2.45, 2.75) is 51.8 Å². The number of rotatable bonds is 8. The van der Waals surface area contributed by atoms with Crippen molar-refractivity contribution in [2.75, 3.05) is 24.6 Å². The molecule has 0 aliphatic heterocycles. The van der Waals surface area contributed by atoms with Gasteiger partial charge >= 0.3 is 113 Å². The average Bonchev–Trinajstić information content (AvgIpc) is 2.25. The van der Waals surface area contributed by atoms with Gasteiger partial charge in [0.1, 0.15) is 0 Å². The van der Waals surface area contributed by atoms with E-state index in [-0.39, 0.29) is 0 Å². The van der Waals surface area contributed by atoms with Crippen molar-refractivity contribution < 1.29 is 0 Å². The van der Waals surface area contributed by atoms with Gasteiger partial charge in [0.25, 0.3) is 0 Å². The normalized spacial score (nSPS) is 17.1. The Morgan fingerprint density at radius 3 is 1.80 bits per heavy atom. The molecule has 0 saturated carbocycles. The topological polar surface area (TPSA) is 0 Å². The van der Waals surface area contributed by atoms with Gasteiger partial charge < -0.3 is 0 Å². The third-order valence-corrected chi connectivity index (χ3v) is 16.2. The van der Waals surface area contributed by atoms with Crippen LogP contribution in [0.1, 0.15) is 47.0 Å². The summed E-state index contributed by atoms with van der Waals surface area (Å²) in [5, 5.41) is -1.46. The van der Waals surface area contributed by atoms with Gasteiger partial charge in [-0.2, -0.15) is 0 Å². The summed E-state index contributed by atoms with van der Waals surface area (Å²) in [5.41, 5.74) is 0. The Bertz CT molecular complexity index is 165. The fraction of sp³-hybridized carbons (Fsp3) is 1.00. The molecule has 0 amide bonds. The van der Waals surface area contributed by atoms with Gasteiger partial charge in [0, 0.05) is 0 Å². The van der Waals surface area contributed by atoms with Crippen LogP contribution in [0.4, 0.5) is 0 Å². The molecule has 0 radical (unpaired) electrons. The fourth-order valence-electron chi connectivity index (χ4n) is 2.08. The molecule has 0 heterocycles. The molecule has 0 spiro atoms. The van der Waals surface area contributed by atoms with Gasteiger partial charge in [-0.15, -0.1) is 0 Å². The van der Waals surface area contributed by atoms with Crippen LogP contribution < -0.4 is 0 Å². The molecule has 0 saturated heterocycles. The molecule has 0 rings (SSSR count). The van der Waals surface area contributed by atoms with E-state index in [2.05, 4.69) is 59.1 Å². The first-order valence-electron chi connectivity index (χ1n) is 6.26. The SMILES string of the molecule is CCP(Br)(CC)(CC)CCCCC(C)Br. The molecular weight excluding hydrogens is 335 g/mol. The second kappa shape index (κ2) is 6.97. The molecule has 0 nitrogen and oxygen atoms in total. The van der Waals surface area contributed by atoms with Crippen LogP contribution in [0, 0.1) is 0 Å². The summed E-state index contributed by atoms with van der Waals surface area (Å²) in [6.45, 7) is 9.35. The van der Waals surface area contributed by atoms with Crippen LogP contribution in [0.2, 0.25) is 0 Å². The molecule has 3 heteroatoms. The first kappa shape index (κ1) is 16.4. The minimum absolute atomic E-state index is 0.684. The van der Waals surface area contributed by atoms with Crippen LogP contribution in [0.3, 0.4) is 0 Å². The summed E-state index contributed by atoms with van der Waals surface area (Å²) in [6, 6.07) is 0. The maximum atomic E-state index is 4.18. The van der Waals surface area contributed by atoms with E-state index in [0.717, 1.165) is 0 Å². The van der Waals surface area contributed by atoms with E-state index in [9.17, 15) is 0 Å². The molecule has 0 aliphatic carbocycles. The molecule has 0 aliphatic rings. The van der Waals surface area contributed by atoms with Crippen LogP contribution in [0.25, 0.3) is 0 Å². The van der Waals surface area contributed by atoms with Gasteiger partial charge in [-0.1, -0.05) is 0 Å². The van der Waals surface area contributed by atoms with E-state index in [0.29, 0.717) is 4.83 Å². The fourth-order valence-corrected chi connectivity index (χ4v) is 6.46. The molecule has 0 aromatic heterocycles. The molecule has 15 heavy (non-hydrogen) atoms. The summed E-state index contributed by atoms with van der Waals surface area (Å²) in [6.07, 6.45) is 9.61. The molecule has 0 fully saturated rings. The molecule has 1 atom stereocenters. The van der Waals surface area contributed by atoms with Crippen molar-refractivity contribution >= 4 is 36.7 Å². The second-order valence-electron chi connectivity index (χ2n) is 4.77. The van der Waals surface area contributed by atoms with Gasteiger partial charge in [0.2, 0.25) is 0 Å². The first-order chi connectivity index (χ1) is 6.90. The summed E-state index contributed by atoms with van der Waals surface area (Å²) in [4.78, 5) is 0.684. The summed E-state index contributed by atoms with van der Waals surface area (Å²) in [7, 11) is 0. The molecule has 0 N–H and O–H groups in total. The van der Waals surface area contributed by atoms with E-state index >= 15 is 0 Å². The summed E-state index contributed by atoms with van der Waals surface area (Å²) >= 11 is 7.79. The van der Waals surface area contributed by atoms with E-state index in [1.165, 1.54) is 43.9 Å². The van der Waals surface area contributed by atoms with E-state index in [1.807, 2.05) is 0 Å². The number of alkyl halides is 1. The van der Waals surface area contributed by atoms with Crippen LogP contribution in [-0.2, 0) is 0 Å². The third-order valence-electron chi connectivity index (χ3n) is 3.94. The van der Waals surface area contributed by atoms with Crippen LogP contribution >= 0.6 is 36.7 Å². The summed E-state index contributed by atoms with van der Waals surface area (Å²) < 4.78 is 0. The minimum atomic E-state index is -1.46. The monoisotopic (exact) mass is 360 g/mol. The van der Waals surface area contributed by atoms with E-state index < -0.39 is 5.31 Å². The number of unbranched alkanes of at least 4 members (excludes halogenated alkanes) is 1. The Kier molecular flexibility index (Phi) is 7.61. The van der Waals surface area contributed by atoms with Gasteiger partial charge in [-0.3, -0.25) is 0 Å². The van der Waals surface area contributed by atoms with Crippen molar-refractivity contribution in [1.29, 1.82) is 0 Å². The van der Waals surface area contributed by atoms with Crippen molar-refractivity contribution in [1.82, 2.24) is 0 Å². The Morgan fingerprint density at radius 2 is 1.47 bits per heavy atom. The van der Waals surface area contributed by atoms with E-state index in [1.54, 1.807) is 0 Å². The Hall–Kier alpha value is 1.39. The average molecular weight is 362 g/mol. The van der Waals surface area contributed by atoms with Gasteiger partial charge in [0.05, 0.1) is 0 Å². The number of halogens is 2. The predicted octanol–water partition coefficient (Wildman–Crippen LogP) is 5.86. The molecule has 0 aromatic carbocycles. The van der Waals surface area contributed by atoms with Crippen molar-refractivity contribution in [3.8, 4) is 0 Å². The number of hydrogen-bond acceptors (Lipinski definition) is 0. The third kappa shape index (κ3) is 5.50. The second-order valence-corrected chi connectivity index (χ2v) is 18.3. The summed E-state index contributed by atoms with van der Waals surface area (Å²) in [5.74, 6) is 0. The van der Waals surface area contributed by atoms with Crippen LogP contribution in [-0.4, -0.2) is 29.5 Å². The zero-order valence-electron chi connectivity index (χ0n) is 10.7. The first-order valence-corrected chi connectivity index (χ1v) is 12.2. The molecule has 0 bridgehead atoms. The van der Waals surface area contributed by atoms with Crippen molar-refractivity contribution in [3.63, 3.8) is 0 Å². The van der Waals surface area contributed by atoms with Crippen molar-refractivity contribution in [3.05, 3.63) is 0 Å². The Labute approximate surface area is 113 Å². The van der Waals surface area contributed by atoms with Crippen molar-refractivity contribution in [2.24, 2.45) is 0 Å². The quantitative estimate of drug-likeness (QED) is 0.288. The molecular formula is C12H27Br2P. The van der Waals surface area contributed by atoms with Gasteiger partial charge in [0.15, 0.2) is 0 Å². The maximum absolute atomic E-state index is 4.18. The molecule has 94 valence electrons. The van der Waals surface area contributed by atoms with E-state index in [4.69, 9.17) is 0 Å². The predicted molar refractivity (Wildman–Crippen MR) is 84.6 cm³/mol. The zero-order chi connectivity index (χ0) is 12.0. The number of hydrogen-bond donors (Lipinski definition) is 0. The Morgan fingerprint density at radius 1 is 1.00 bits per heavy atom. The van der Waals surface area contributed by atoms with Gasteiger partial charge in [-0.05, 0) is 0 Å².